The van der Waals surface area contributed by atoms with Crippen LogP contribution in [-0.2, 0) is 9.59 Å². The van der Waals surface area contributed by atoms with E-state index in [0.717, 1.165) is 0 Å². The summed E-state index contributed by atoms with van der Waals surface area (Å²) in [7, 11) is 4.39. The Kier molecular flexibility index (Phi) is 6.32. The zero-order valence-corrected chi connectivity index (χ0v) is 14.7. The Morgan fingerprint density at radius 2 is 1.58 bits per heavy atom. The number of anilines is 1. The van der Waals surface area contributed by atoms with Gasteiger partial charge in [-0.3, -0.25) is 14.4 Å². The number of nitrogens with one attached hydrogen (secondary N) is 1. The van der Waals surface area contributed by atoms with Crippen LogP contribution < -0.4 is 19.5 Å². The molecule has 0 saturated carbocycles. The summed E-state index contributed by atoms with van der Waals surface area (Å²) in [5.41, 5.74) is 0.573. The van der Waals surface area contributed by atoms with Crippen molar-refractivity contribution in [3.63, 3.8) is 0 Å². The Labute approximate surface area is 150 Å². The second kappa shape index (κ2) is 8.66. The van der Waals surface area contributed by atoms with E-state index in [2.05, 4.69) is 5.32 Å². The first-order chi connectivity index (χ1) is 12.5. The van der Waals surface area contributed by atoms with Crippen LogP contribution in [0.1, 0.15) is 16.8 Å². The van der Waals surface area contributed by atoms with Crippen LogP contribution >= 0.6 is 0 Å². The molecular formula is C19H19NO6. The number of Topliss-reactive ketones (excluding diaryl/α,β-unsaturated/α-hetero) is 2. The van der Waals surface area contributed by atoms with Crippen LogP contribution in [0.5, 0.6) is 17.2 Å². The minimum absolute atomic E-state index is 0.277. The predicted molar refractivity (Wildman–Crippen MR) is 95.1 cm³/mol. The third kappa shape index (κ3) is 4.60. The number of benzene rings is 2. The first-order valence-electron chi connectivity index (χ1n) is 7.72. The normalized spacial score (nSPS) is 9.96. The molecule has 1 N–H and O–H groups in total. The fourth-order valence-electron chi connectivity index (χ4n) is 2.23. The van der Waals surface area contributed by atoms with Crippen LogP contribution in [0.15, 0.2) is 42.5 Å². The van der Waals surface area contributed by atoms with Crippen LogP contribution in [0.3, 0.4) is 0 Å². The van der Waals surface area contributed by atoms with E-state index in [9.17, 15) is 14.4 Å². The quantitative estimate of drug-likeness (QED) is 0.443. The van der Waals surface area contributed by atoms with Crippen molar-refractivity contribution in [2.24, 2.45) is 0 Å². The lowest BCUT2D eigenvalue weighted by atomic mass is 10.1. The molecule has 7 heteroatoms. The summed E-state index contributed by atoms with van der Waals surface area (Å²) < 4.78 is 15.3. The molecule has 0 heterocycles. The molecule has 0 spiro atoms. The van der Waals surface area contributed by atoms with Crippen molar-refractivity contribution < 1.29 is 28.6 Å². The lowest BCUT2D eigenvalue weighted by molar-refractivity contribution is -0.134. The van der Waals surface area contributed by atoms with Gasteiger partial charge in [0.2, 0.25) is 5.78 Å². The number of methoxy groups -OCH3 is 3. The van der Waals surface area contributed by atoms with Crippen LogP contribution in [-0.4, -0.2) is 38.8 Å². The standard InChI is InChI=1S/C19H19NO6/c1-24-13-6-4-5-12(9-13)16(21)11-17(22)19(23)20-15-10-14(25-2)7-8-18(15)26-3/h4-10H,11H2,1-3H3,(H,20,23). The monoisotopic (exact) mass is 357 g/mol. The fourth-order valence-corrected chi connectivity index (χ4v) is 2.23. The van der Waals surface area contributed by atoms with E-state index in [1.54, 1.807) is 30.3 Å². The van der Waals surface area contributed by atoms with Crippen molar-refractivity contribution in [2.45, 2.75) is 6.42 Å². The van der Waals surface area contributed by atoms with Crippen molar-refractivity contribution in [3.8, 4) is 17.2 Å². The average molecular weight is 357 g/mol. The molecule has 0 aromatic heterocycles. The molecule has 26 heavy (non-hydrogen) atoms. The van der Waals surface area contributed by atoms with Gasteiger partial charge in [-0.25, -0.2) is 0 Å². The highest BCUT2D eigenvalue weighted by atomic mass is 16.5. The molecule has 0 aliphatic rings. The molecule has 1 amide bonds. The molecule has 0 fully saturated rings. The maximum absolute atomic E-state index is 12.2. The van der Waals surface area contributed by atoms with Gasteiger partial charge < -0.3 is 19.5 Å². The van der Waals surface area contributed by atoms with Gasteiger partial charge in [0.15, 0.2) is 5.78 Å². The number of ether oxygens (including phenoxy) is 3. The Morgan fingerprint density at radius 3 is 2.23 bits per heavy atom. The maximum Gasteiger partial charge on any atom is 0.292 e. The summed E-state index contributed by atoms with van der Waals surface area (Å²) in [6, 6.07) is 11.2. The second-order valence-electron chi connectivity index (χ2n) is 5.28. The summed E-state index contributed by atoms with van der Waals surface area (Å²) >= 11 is 0. The summed E-state index contributed by atoms with van der Waals surface area (Å²) in [5.74, 6) is -0.891. The first-order valence-corrected chi connectivity index (χ1v) is 7.72. The van der Waals surface area contributed by atoms with E-state index >= 15 is 0 Å². The minimum Gasteiger partial charge on any atom is -0.497 e. The average Bonchev–Trinajstić information content (AvgIpc) is 2.67. The van der Waals surface area contributed by atoms with E-state index in [1.807, 2.05) is 0 Å². The third-order valence-electron chi connectivity index (χ3n) is 3.62. The first kappa shape index (κ1) is 19.0. The minimum atomic E-state index is -0.909. The van der Waals surface area contributed by atoms with E-state index in [1.165, 1.54) is 33.5 Å². The van der Waals surface area contributed by atoms with Crippen LogP contribution in [0.2, 0.25) is 0 Å². The highest BCUT2D eigenvalue weighted by Gasteiger charge is 2.20. The Morgan fingerprint density at radius 1 is 0.885 bits per heavy atom. The van der Waals surface area contributed by atoms with Crippen molar-refractivity contribution >= 4 is 23.2 Å². The molecule has 2 rings (SSSR count). The highest BCUT2D eigenvalue weighted by molar-refractivity contribution is 6.44. The van der Waals surface area contributed by atoms with E-state index < -0.39 is 23.9 Å². The van der Waals surface area contributed by atoms with Gasteiger partial charge >= 0.3 is 0 Å². The number of hydrogen-bond acceptors (Lipinski definition) is 6. The van der Waals surface area contributed by atoms with E-state index in [-0.39, 0.29) is 5.69 Å². The number of amides is 1. The number of rotatable bonds is 8. The van der Waals surface area contributed by atoms with Gasteiger partial charge in [-0.1, -0.05) is 12.1 Å². The molecule has 0 bridgehead atoms. The largest absolute Gasteiger partial charge is 0.497 e. The molecule has 0 saturated heterocycles. The molecule has 0 unspecified atom stereocenters. The third-order valence-corrected chi connectivity index (χ3v) is 3.62. The number of ketones is 2. The molecule has 7 nitrogen and oxygen atoms in total. The van der Waals surface area contributed by atoms with Gasteiger partial charge in [0.25, 0.3) is 5.91 Å². The number of carbonyl (C=O) groups excluding carboxylic acids is 3. The molecule has 0 atom stereocenters. The number of hydrogen-bond donors (Lipinski definition) is 1. The Balaban J connectivity index is 2.08. The lowest BCUT2D eigenvalue weighted by Crippen LogP contribution is -2.25. The van der Waals surface area contributed by atoms with Gasteiger partial charge in [-0.2, -0.15) is 0 Å². The van der Waals surface area contributed by atoms with Crippen molar-refractivity contribution in [3.05, 3.63) is 48.0 Å². The summed E-state index contributed by atoms with van der Waals surface area (Å²) in [6.45, 7) is 0. The lowest BCUT2D eigenvalue weighted by Gasteiger charge is -2.11. The fraction of sp³-hybridized carbons (Fsp3) is 0.211. The van der Waals surface area contributed by atoms with Gasteiger partial charge in [-0.05, 0) is 24.3 Å². The predicted octanol–water partition coefficient (Wildman–Crippen LogP) is 2.49. The van der Waals surface area contributed by atoms with Crippen LogP contribution in [0.25, 0.3) is 0 Å². The van der Waals surface area contributed by atoms with Gasteiger partial charge in [0.05, 0.1) is 33.4 Å². The molecule has 0 radical (unpaired) electrons. The summed E-state index contributed by atoms with van der Waals surface area (Å²) in [5, 5.41) is 2.44. The van der Waals surface area contributed by atoms with Crippen molar-refractivity contribution in [1.82, 2.24) is 0 Å². The van der Waals surface area contributed by atoms with Crippen molar-refractivity contribution in [1.29, 1.82) is 0 Å². The van der Waals surface area contributed by atoms with Crippen LogP contribution in [0.4, 0.5) is 5.69 Å². The Hall–Kier alpha value is -3.35. The zero-order valence-electron chi connectivity index (χ0n) is 14.7. The van der Waals surface area contributed by atoms with E-state index in [4.69, 9.17) is 14.2 Å². The molecule has 0 aliphatic carbocycles. The zero-order chi connectivity index (χ0) is 19.1. The summed E-state index contributed by atoms with van der Waals surface area (Å²) in [4.78, 5) is 36.4. The second-order valence-corrected chi connectivity index (χ2v) is 5.28. The molecule has 2 aromatic rings. The topological polar surface area (TPSA) is 90.9 Å². The number of carbonyl (C=O) groups is 3. The molecule has 2 aromatic carbocycles. The molecule has 136 valence electrons. The smallest absolute Gasteiger partial charge is 0.292 e. The van der Waals surface area contributed by atoms with Gasteiger partial charge in [-0.15, -0.1) is 0 Å². The summed E-state index contributed by atoms with van der Waals surface area (Å²) in [6.07, 6.45) is -0.550. The Bertz CT molecular complexity index is 831. The molecule has 0 aliphatic heterocycles. The van der Waals surface area contributed by atoms with E-state index in [0.29, 0.717) is 22.8 Å². The van der Waals surface area contributed by atoms with Gasteiger partial charge in [0.1, 0.15) is 17.2 Å². The maximum atomic E-state index is 12.2. The SMILES string of the molecule is COc1cccc(C(=O)CC(=O)C(=O)Nc2cc(OC)ccc2OC)c1. The molecular weight excluding hydrogens is 338 g/mol. The van der Waals surface area contributed by atoms with Gasteiger partial charge in [0, 0.05) is 11.6 Å². The van der Waals surface area contributed by atoms with Crippen molar-refractivity contribution in [2.75, 3.05) is 26.6 Å². The van der Waals surface area contributed by atoms with Crippen LogP contribution in [0, 0.1) is 0 Å². The highest BCUT2D eigenvalue weighted by Crippen LogP contribution is 2.28.